The summed E-state index contributed by atoms with van der Waals surface area (Å²) in [5.41, 5.74) is 1.88. The van der Waals surface area contributed by atoms with E-state index in [9.17, 15) is 4.79 Å². The maximum absolute atomic E-state index is 11.9. The second-order valence-electron chi connectivity index (χ2n) is 5.07. The Morgan fingerprint density at radius 3 is 2.75 bits per heavy atom. The molecule has 0 unspecified atom stereocenters. The van der Waals surface area contributed by atoms with Crippen molar-refractivity contribution in [2.75, 3.05) is 11.9 Å². The third kappa shape index (κ3) is 4.20. The summed E-state index contributed by atoms with van der Waals surface area (Å²) in [7, 11) is 0. The number of hydrogen-bond acceptors (Lipinski definition) is 5. The van der Waals surface area contributed by atoms with E-state index in [2.05, 4.69) is 31.4 Å². The molecule has 24 heavy (non-hydrogen) atoms. The fourth-order valence-corrected chi connectivity index (χ4v) is 2.35. The van der Waals surface area contributed by atoms with E-state index in [1.54, 1.807) is 12.1 Å². The minimum atomic E-state index is -0.375. The van der Waals surface area contributed by atoms with Crippen LogP contribution in [-0.4, -0.2) is 22.7 Å². The number of rotatable bonds is 5. The van der Waals surface area contributed by atoms with E-state index in [4.69, 9.17) is 9.15 Å². The summed E-state index contributed by atoms with van der Waals surface area (Å²) < 4.78 is 11.7. The number of benzene rings is 2. The van der Waals surface area contributed by atoms with Crippen molar-refractivity contribution in [3.63, 3.8) is 0 Å². The molecular weight excluding hydrogens is 374 g/mol. The zero-order valence-electron chi connectivity index (χ0n) is 12.8. The van der Waals surface area contributed by atoms with Gasteiger partial charge in [0.15, 0.2) is 6.61 Å². The largest absolute Gasteiger partial charge is 0.484 e. The monoisotopic (exact) mass is 387 g/mol. The summed E-state index contributed by atoms with van der Waals surface area (Å²) >= 11 is 3.38. The van der Waals surface area contributed by atoms with Crippen LogP contribution in [0, 0.1) is 6.92 Å². The maximum atomic E-state index is 11.9. The van der Waals surface area contributed by atoms with Gasteiger partial charge in [0.25, 0.3) is 5.91 Å². The summed E-state index contributed by atoms with van der Waals surface area (Å²) in [6.07, 6.45) is 0. The van der Waals surface area contributed by atoms with E-state index in [1.807, 2.05) is 43.3 Å². The first kappa shape index (κ1) is 16.2. The van der Waals surface area contributed by atoms with E-state index in [0.29, 0.717) is 11.6 Å². The predicted molar refractivity (Wildman–Crippen MR) is 92.7 cm³/mol. The number of carbonyl (C=O) groups is 1. The Bertz CT molecular complexity index is 846. The molecule has 3 aromatic rings. The van der Waals surface area contributed by atoms with Gasteiger partial charge in [0.1, 0.15) is 5.75 Å². The summed E-state index contributed by atoms with van der Waals surface area (Å²) in [5.74, 6) is 0.571. The molecule has 6 nitrogen and oxygen atoms in total. The smallest absolute Gasteiger partial charge is 0.322 e. The molecule has 0 aliphatic heterocycles. The van der Waals surface area contributed by atoms with Crippen LogP contribution in [0.3, 0.4) is 0 Å². The first-order valence-electron chi connectivity index (χ1n) is 7.19. The lowest BCUT2D eigenvalue weighted by molar-refractivity contribution is -0.118. The second kappa shape index (κ2) is 7.27. The van der Waals surface area contributed by atoms with Crippen molar-refractivity contribution in [3.8, 4) is 17.2 Å². The van der Waals surface area contributed by atoms with Crippen LogP contribution in [0.25, 0.3) is 11.5 Å². The van der Waals surface area contributed by atoms with E-state index in [1.165, 1.54) is 0 Å². The molecule has 0 aliphatic rings. The van der Waals surface area contributed by atoms with Gasteiger partial charge in [-0.3, -0.25) is 10.1 Å². The van der Waals surface area contributed by atoms with Crippen LogP contribution in [0.1, 0.15) is 5.56 Å². The third-order valence-electron chi connectivity index (χ3n) is 3.13. The van der Waals surface area contributed by atoms with Crippen LogP contribution in [-0.2, 0) is 4.79 Å². The predicted octanol–water partition coefficient (Wildman–Crippen LogP) is 3.83. The Morgan fingerprint density at radius 2 is 2.00 bits per heavy atom. The molecule has 1 N–H and O–H groups in total. The summed E-state index contributed by atoms with van der Waals surface area (Å²) in [5, 5.41) is 10.2. The number of anilines is 1. The third-order valence-corrected chi connectivity index (χ3v) is 3.63. The number of halogens is 1. The lowest BCUT2D eigenvalue weighted by Crippen LogP contribution is -2.20. The van der Waals surface area contributed by atoms with Gasteiger partial charge in [0, 0.05) is 10.0 Å². The second-order valence-corrected chi connectivity index (χ2v) is 5.99. The average molecular weight is 388 g/mol. The molecule has 2 aromatic carbocycles. The number of ether oxygens (including phenoxy) is 1. The van der Waals surface area contributed by atoms with Crippen molar-refractivity contribution in [2.24, 2.45) is 0 Å². The number of nitrogens with zero attached hydrogens (tertiary/aromatic N) is 2. The topological polar surface area (TPSA) is 77.2 Å². The average Bonchev–Trinajstić information content (AvgIpc) is 3.03. The highest BCUT2D eigenvalue weighted by atomic mass is 79.9. The molecule has 1 heterocycles. The molecule has 0 aliphatic carbocycles. The van der Waals surface area contributed by atoms with Gasteiger partial charge >= 0.3 is 6.01 Å². The quantitative estimate of drug-likeness (QED) is 0.719. The molecule has 0 radical (unpaired) electrons. The molecular formula is C17H14BrN3O3. The van der Waals surface area contributed by atoms with Gasteiger partial charge in [-0.2, -0.15) is 0 Å². The van der Waals surface area contributed by atoms with Gasteiger partial charge in [-0.05, 0) is 37.3 Å². The van der Waals surface area contributed by atoms with Crippen molar-refractivity contribution in [1.82, 2.24) is 10.2 Å². The van der Waals surface area contributed by atoms with Gasteiger partial charge in [-0.25, -0.2) is 0 Å². The van der Waals surface area contributed by atoms with Gasteiger partial charge in [0.2, 0.25) is 5.89 Å². The molecule has 1 aromatic heterocycles. The molecule has 0 saturated heterocycles. The first-order valence-corrected chi connectivity index (χ1v) is 7.98. The Labute approximate surface area is 147 Å². The molecule has 1 amide bonds. The molecule has 3 rings (SSSR count). The van der Waals surface area contributed by atoms with E-state index in [0.717, 1.165) is 15.6 Å². The van der Waals surface area contributed by atoms with Crippen LogP contribution >= 0.6 is 15.9 Å². The fraction of sp³-hybridized carbons (Fsp3) is 0.118. The molecule has 122 valence electrons. The highest BCUT2D eigenvalue weighted by Gasteiger charge is 2.12. The fourth-order valence-electron chi connectivity index (χ4n) is 1.95. The van der Waals surface area contributed by atoms with E-state index >= 15 is 0 Å². The maximum Gasteiger partial charge on any atom is 0.322 e. The van der Waals surface area contributed by atoms with Crippen molar-refractivity contribution >= 4 is 27.9 Å². The Morgan fingerprint density at radius 1 is 1.21 bits per heavy atom. The lowest BCUT2D eigenvalue weighted by atomic mass is 10.2. The normalized spacial score (nSPS) is 10.4. The van der Waals surface area contributed by atoms with Crippen molar-refractivity contribution in [2.45, 2.75) is 6.92 Å². The molecule has 0 spiro atoms. The zero-order valence-corrected chi connectivity index (χ0v) is 14.4. The Hall–Kier alpha value is -2.67. The molecule has 0 saturated carbocycles. The zero-order chi connectivity index (χ0) is 16.9. The van der Waals surface area contributed by atoms with Gasteiger partial charge in [-0.15, -0.1) is 5.10 Å². The summed E-state index contributed by atoms with van der Waals surface area (Å²) in [6.45, 7) is 1.84. The molecule has 7 heteroatoms. The summed E-state index contributed by atoms with van der Waals surface area (Å²) in [4.78, 5) is 11.9. The van der Waals surface area contributed by atoms with Crippen LogP contribution in [0.5, 0.6) is 5.75 Å². The standard InChI is InChI=1S/C17H14BrN3O3/c1-11-5-7-14(8-6-11)23-10-15(22)19-17-21-20-16(24-17)12-3-2-4-13(18)9-12/h2-9H,10H2,1H3,(H,19,21,22). The SMILES string of the molecule is Cc1ccc(OCC(=O)Nc2nnc(-c3cccc(Br)c3)o2)cc1. The number of hydrogen-bond donors (Lipinski definition) is 1. The van der Waals surface area contributed by atoms with Gasteiger partial charge in [-0.1, -0.05) is 44.8 Å². The minimum Gasteiger partial charge on any atom is -0.484 e. The Kier molecular flexibility index (Phi) is 4.90. The number of carbonyl (C=O) groups excluding carboxylic acids is 1. The number of nitrogens with one attached hydrogen (secondary N) is 1. The van der Waals surface area contributed by atoms with Crippen molar-refractivity contribution in [3.05, 3.63) is 58.6 Å². The van der Waals surface area contributed by atoms with Gasteiger partial charge in [0.05, 0.1) is 0 Å². The van der Waals surface area contributed by atoms with E-state index < -0.39 is 0 Å². The van der Waals surface area contributed by atoms with Crippen LogP contribution in [0.2, 0.25) is 0 Å². The number of amides is 1. The molecule has 0 atom stereocenters. The molecule has 0 fully saturated rings. The van der Waals surface area contributed by atoms with Crippen LogP contribution in [0.4, 0.5) is 6.01 Å². The van der Waals surface area contributed by atoms with Crippen molar-refractivity contribution in [1.29, 1.82) is 0 Å². The molecule has 0 bridgehead atoms. The van der Waals surface area contributed by atoms with E-state index in [-0.39, 0.29) is 18.5 Å². The lowest BCUT2D eigenvalue weighted by Gasteiger charge is -2.05. The highest BCUT2D eigenvalue weighted by molar-refractivity contribution is 9.10. The number of aromatic nitrogens is 2. The van der Waals surface area contributed by atoms with Crippen LogP contribution < -0.4 is 10.1 Å². The Balaban J connectivity index is 1.58. The summed E-state index contributed by atoms with van der Waals surface area (Å²) in [6, 6.07) is 14.9. The highest BCUT2D eigenvalue weighted by Crippen LogP contribution is 2.23. The number of aryl methyl sites for hydroxylation is 1. The van der Waals surface area contributed by atoms with Crippen molar-refractivity contribution < 1.29 is 13.9 Å². The first-order chi connectivity index (χ1) is 11.6. The van der Waals surface area contributed by atoms with Gasteiger partial charge < -0.3 is 9.15 Å². The van der Waals surface area contributed by atoms with Crippen LogP contribution in [0.15, 0.2) is 57.4 Å². The minimum absolute atomic E-state index is 0.0301.